The minimum absolute atomic E-state index is 0.0773. The molecule has 2 aromatic heterocycles. The number of amides is 6. The van der Waals surface area contributed by atoms with Gasteiger partial charge in [0.15, 0.2) is 24.8 Å². The van der Waals surface area contributed by atoms with Crippen molar-refractivity contribution in [2.75, 3.05) is 134 Å². The summed E-state index contributed by atoms with van der Waals surface area (Å²) in [4.78, 5) is 85.2. The van der Waals surface area contributed by atoms with E-state index in [1.54, 1.807) is 94.2 Å². The number of hydrazine groups is 1. The molecule has 0 atom stereocenters. The highest BCUT2D eigenvalue weighted by Gasteiger charge is 2.19. The number of aliphatic hydroxyl groups is 1. The molecule has 79 heavy (non-hydrogen) atoms. The van der Waals surface area contributed by atoms with Gasteiger partial charge in [-0.15, -0.1) is 10.2 Å². The van der Waals surface area contributed by atoms with Gasteiger partial charge in [0.1, 0.15) is 22.7 Å². The third-order valence-corrected chi connectivity index (χ3v) is 12.8. The average Bonchev–Trinajstić information content (AvgIpc) is 3.46. The molecule has 4 heterocycles. The molecule has 0 saturated carbocycles. The molecule has 0 spiro atoms. The van der Waals surface area contributed by atoms with E-state index in [0.717, 1.165) is 44.8 Å². The first-order valence-electron chi connectivity index (χ1n) is 25.7. The fraction of sp³-hybridized carbons (Fsp3) is 0.423. The Labute approximate surface area is 461 Å². The van der Waals surface area contributed by atoms with Crippen molar-refractivity contribution in [3.05, 3.63) is 102 Å². The van der Waals surface area contributed by atoms with Crippen LogP contribution in [0.15, 0.2) is 102 Å². The number of aliphatic hydroxyl groups excluding tert-OH is 1. The Morgan fingerprint density at radius 2 is 1.39 bits per heavy atom. The Hall–Kier alpha value is -7.79. The zero-order valence-corrected chi connectivity index (χ0v) is 45.1. The number of ether oxygens (including phenoxy) is 4. The second-order valence-corrected chi connectivity index (χ2v) is 18.9. The van der Waals surface area contributed by atoms with Crippen molar-refractivity contribution in [1.82, 2.24) is 36.7 Å². The summed E-state index contributed by atoms with van der Waals surface area (Å²) >= 11 is 1.63. The Morgan fingerprint density at radius 1 is 0.734 bits per heavy atom. The van der Waals surface area contributed by atoms with Crippen molar-refractivity contribution in [2.45, 2.75) is 26.0 Å². The molecular weight excluding hydrogens is 1040 g/mol. The number of hydroxylamine groups is 1. The van der Waals surface area contributed by atoms with Crippen LogP contribution in [-0.2, 0) is 51.4 Å². The number of aromatic nitrogens is 2. The quantitative estimate of drug-likeness (QED) is 0.00923. The number of carbonyl (C=O) groups excluding carboxylic acids is 6. The van der Waals surface area contributed by atoms with E-state index in [-0.39, 0.29) is 42.3 Å². The van der Waals surface area contributed by atoms with E-state index in [1.165, 1.54) is 26.5 Å². The minimum Gasteiger partial charge on any atom is -0.494 e. The zero-order chi connectivity index (χ0) is 56.0. The van der Waals surface area contributed by atoms with Crippen molar-refractivity contribution >= 4 is 76.2 Å². The summed E-state index contributed by atoms with van der Waals surface area (Å²) in [6, 6.07) is 16.5. The topological polar surface area (TPSA) is 304 Å². The number of anilines is 3. The maximum absolute atomic E-state index is 13.0. The largest absolute Gasteiger partial charge is 0.494 e. The number of methoxy groups -OCH3 is 2. The van der Waals surface area contributed by atoms with Gasteiger partial charge in [0.2, 0.25) is 12.7 Å². The van der Waals surface area contributed by atoms with Crippen molar-refractivity contribution in [3.8, 4) is 11.5 Å². The number of benzene rings is 2. The normalized spacial score (nSPS) is 14.0. The van der Waals surface area contributed by atoms with Gasteiger partial charge in [0.25, 0.3) is 17.7 Å². The summed E-state index contributed by atoms with van der Waals surface area (Å²) in [5.41, 5.74) is 10.7. The van der Waals surface area contributed by atoms with E-state index in [9.17, 15) is 33.9 Å². The summed E-state index contributed by atoms with van der Waals surface area (Å²) in [5.74, 6) is -2.42. The van der Waals surface area contributed by atoms with Crippen molar-refractivity contribution in [3.63, 3.8) is 0 Å². The molecule has 2 aliphatic heterocycles. The van der Waals surface area contributed by atoms with Gasteiger partial charge in [-0.05, 0) is 62.3 Å². The van der Waals surface area contributed by atoms with E-state index < -0.39 is 23.6 Å². The van der Waals surface area contributed by atoms with Crippen molar-refractivity contribution in [2.24, 2.45) is 10.2 Å². The molecule has 6 amide bonds. The lowest BCUT2D eigenvalue weighted by molar-refractivity contribution is -0.684. The maximum atomic E-state index is 13.0. The fourth-order valence-electron chi connectivity index (χ4n) is 7.76. The SMILES string of the molecule is COc1cc(N/C(O)=C\[n+]2cccc(CONCCSCCNC(=O)c3ccc[n+](CC(=O)Nc4ccc(NNC(=O)C(=O)NCCCN5CCOCC5)c(OC)c4)c3)c2)ccc1N=NC(=O)C(=O)NCCCN1CCOCC1. The number of hydrogen-bond acceptors (Lipinski definition) is 19. The lowest BCUT2D eigenvalue weighted by Gasteiger charge is -2.26. The molecule has 26 nitrogen and oxygen atoms in total. The third-order valence-electron chi connectivity index (χ3n) is 11.8. The second-order valence-electron chi connectivity index (χ2n) is 17.7. The fourth-order valence-corrected chi connectivity index (χ4v) is 8.44. The summed E-state index contributed by atoms with van der Waals surface area (Å²) in [6.45, 7) is 9.56. The number of nitrogens with zero attached hydrogens (tertiary/aromatic N) is 6. The Balaban J connectivity index is 0.819. The van der Waals surface area contributed by atoms with Gasteiger partial charge in [-0.1, -0.05) is 0 Å². The maximum Gasteiger partial charge on any atom is 0.353 e. The lowest BCUT2D eigenvalue weighted by atomic mass is 10.2. The highest BCUT2D eigenvalue weighted by molar-refractivity contribution is 7.99. The van der Waals surface area contributed by atoms with Crippen LogP contribution >= 0.6 is 11.8 Å². The molecule has 2 aromatic carbocycles. The zero-order valence-electron chi connectivity index (χ0n) is 44.3. The van der Waals surface area contributed by atoms with Gasteiger partial charge >= 0.3 is 23.6 Å². The van der Waals surface area contributed by atoms with Crippen molar-refractivity contribution in [1.29, 1.82) is 0 Å². The highest BCUT2D eigenvalue weighted by atomic mass is 32.2. The minimum atomic E-state index is -1.03. The standard InChI is InChI=1S/C52H68N14O12S/c1-74-44-31-40(9-11-42(44)59-61-51(72)49(70)53-13-5-19-63-21-25-76-26-22-63)57-46(67)35-65-17-3-7-38(33-65)37-78-56-16-30-79-29-15-55-48(69)39-8-4-18-66(34-39)36-47(68)58-41-10-12-43(45(32-41)75-2)60-62-52(73)50(71)54-14-6-20-64-23-27-77-28-24-64/h3-4,7-12,17-18,31-35,56H,5-6,13-16,19-30,36-37H2,1-2H3,(H6-2,53,54,55,57,58,59,60,61,62,67,68,69,70,71,72,73)/p+2/b46-35+. The Morgan fingerprint density at radius 3 is 2.11 bits per heavy atom. The average molecular weight is 1120 g/mol. The van der Waals surface area contributed by atoms with Crippen LogP contribution in [0.2, 0.25) is 0 Å². The molecule has 0 aliphatic carbocycles. The predicted molar refractivity (Wildman–Crippen MR) is 292 cm³/mol. The summed E-state index contributed by atoms with van der Waals surface area (Å²) in [5, 5.41) is 31.9. The number of thioether (sulfide) groups is 1. The number of nitrogens with one attached hydrogen (secondary N) is 8. The summed E-state index contributed by atoms with van der Waals surface area (Å²) < 4.78 is 24.8. The van der Waals surface area contributed by atoms with E-state index >= 15 is 0 Å². The molecule has 0 unspecified atom stereocenters. The smallest absolute Gasteiger partial charge is 0.353 e. The number of morpholine rings is 2. The van der Waals surface area contributed by atoms with E-state index in [0.29, 0.717) is 105 Å². The van der Waals surface area contributed by atoms with Gasteiger partial charge in [0.05, 0.1) is 52.9 Å². The van der Waals surface area contributed by atoms with Gasteiger partial charge in [-0.25, -0.2) is 5.48 Å². The summed E-state index contributed by atoms with van der Waals surface area (Å²) in [7, 11) is 2.85. The molecular formula is C52H70N14O12S+2. The first-order valence-corrected chi connectivity index (χ1v) is 26.8. The molecule has 2 saturated heterocycles. The molecule has 27 heteroatoms. The van der Waals surface area contributed by atoms with Crippen LogP contribution in [0.4, 0.5) is 22.7 Å². The van der Waals surface area contributed by atoms with Crippen LogP contribution in [0.1, 0.15) is 28.8 Å². The predicted octanol–water partition coefficient (Wildman–Crippen LogP) is 1.26. The molecule has 6 rings (SSSR count). The number of carbonyl (C=O) groups is 6. The van der Waals surface area contributed by atoms with Gasteiger partial charge < -0.3 is 50.6 Å². The number of rotatable bonds is 29. The highest BCUT2D eigenvalue weighted by Crippen LogP contribution is 2.31. The van der Waals surface area contributed by atoms with Crippen LogP contribution < -0.4 is 61.5 Å². The first kappa shape index (κ1) is 60.4. The number of pyridine rings is 2. The monoisotopic (exact) mass is 1110 g/mol. The van der Waals surface area contributed by atoms with Crippen LogP contribution in [0.3, 0.4) is 0 Å². The molecule has 4 aromatic rings. The number of hydrogen-bond donors (Lipinski definition) is 9. The molecule has 9 N–H and O–H groups in total. The Bertz CT molecular complexity index is 2720. The first-order chi connectivity index (χ1) is 38.5. The van der Waals surface area contributed by atoms with Crippen LogP contribution in [0, 0.1) is 0 Å². The van der Waals surface area contributed by atoms with Gasteiger partial charge in [-0.2, -0.15) is 20.9 Å². The lowest BCUT2D eigenvalue weighted by Crippen LogP contribution is -2.43. The molecule has 0 bridgehead atoms. The molecule has 2 fully saturated rings. The van der Waals surface area contributed by atoms with Crippen molar-refractivity contribution < 1.29 is 66.8 Å². The number of azo groups is 1. The van der Waals surface area contributed by atoms with Crippen LogP contribution in [0.25, 0.3) is 6.20 Å². The van der Waals surface area contributed by atoms with E-state index in [2.05, 4.69) is 62.9 Å². The summed E-state index contributed by atoms with van der Waals surface area (Å²) in [6.07, 6.45) is 9.65. The van der Waals surface area contributed by atoms with Gasteiger partial charge in [-0.3, -0.25) is 54.3 Å². The van der Waals surface area contributed by atoms with Gasteiger partial charge in [0, 0.05) is 105 Å². The van der Waals surface area contributed by atoms with Crippen LogP contribution in [0.5, 0.6) is 11.5 Å². The van der Waals surface area contributed by atoms with E-state index in [1.807, 2.05) is 6.07 Å². The molecule has 2 aliphatic rings. The molecule has 424 valence electrons. The molecule has 0 radical (unpaired) electrons. The van der Waals surface area contributed by atoms with E-state index in [4.69, 9.17) is 23.8 Å². The second kappa shape index (κ2) is 33.5. The van der Waals surface area contributed by atoms with Crippen LogP contribution in [-0.4, -0.2) is 168 Å². The Kier molecular flexibility index (Phi) is 25.6. The third kappa shape index (κ3) is 21.9.